The smallest absolute Gasteiger partial charge is 0.419 e. The number of carbonyl (C=O) groups excluding carboxylic acids is 3. The first-order valence-electron chi connectivity index (χ1n) is 15.6. The van der Waals surface area contributed by atoms with E-state index in [4.69, 9.17) is 4.74 Å². The first-order valence-corrected chi connectivity index (χ1v) is 15.6. The van der Waals surface area contributed by atoms with Gasteiger partial charge in [-0.05, 0) is 80.5 Å². The highest BCUT2D eigenvalue weighted by atomic mass is 19.4. The number of nitrogens with zero attached hydrogens (tertiary/aromatic N) is 1. The molecule has 1 saturated heterocycles. The van der Waals surface area contributed by atoms with Crippen LogP contribution in [0.15, 0.2) is 53.6 Å². The maximum atomic E-state index is 13.9. The molecule has 2 aliphatic carbocycles. The lowest BCUT2D eigenvalue weighted by atomic mass is 9.83. The number of rotatable bonds is 7. The largest absolute Gasteiger partial charge is 0.496 e. The Morgan fingerprint density at radius 1 is 0.959 bits per heavy atom. The second-order valence-corrected chi connectivity index (χ2v) is 12.5. The summed E-state index contributed by atoms with van der Waals surface area (Å²) in [5, 5.41) is 14.7. The number of piperidine rings is 1. The molecule has 1 aliphatic heterocycles. The summed E-state index contributed by atoms with van der Waals surface area (Å²) in [7, 11) is 1.30. The topological polar surface area (TPSA) is 108 Å². The van der Waals surface area contributed by atoms with E-state index in [1.165, 1.54) is 19.2 Å². The third-order valence-corrected chi connectivity index (χ3v) is 9.31. The number of ether oxygens (including phenoxy) is 1. The SMILES string of the molecule is COc1ccc(/C=C(/C)C(=O)N2CCC(O)CC2)cc1C(=O)N[C@H]1[C@@H](C(=O)Nc2ccc(F)c(C(F)(F)F)c2)[C@H]2CC[C@@H]1/C2=C\C(F)(F)F. The van der Waals surface area contributed by atoms with Gasteiger partial charge in [-0.15, -0.1) is 0 Å². The Morgan fingerprint density at radius 2 is 1.63 bits per heavy atom. The van der Waals surface area contributed by atoms with Crippen molar-refractivity contribution in [2.24, 2.45) is 17.8 Å². The summed E-state index contributed by atoms with van der Waals surface area (Å²) >= 11 is 0. The Hall–Kier alpha value is -4.40. The van der Waals surface area contributed by atoms with Crippen LogP contribution in [0.1, 0.15) is 54.1 Å². The molecule has 0 aromatic heterocycles. The third kappa shape index (κ3) is 7.92. The van der Waals surface area contributed by atoms with Crippen LogP contribution < -0.4 is 15.4 Å². The van der Waals surface area contributed by atoms with Crippen LogP contribution in [0.3, 0.4) is 0 Å². The molecule has 3 amide bonds. The quantitative estimate of drug-likeness (QED) is 0.184. The van der Waals surface area contributed by atoms with Crippen molar-refractivity contribution >= 4 is 29.5 Å². The van der Waals surface area contributed by atoms with Crippen LogP contribution >= 0.6 is 0 Å². The van der Waals surface area contributed by atoms with E-state index in [2.05, 4.69) is 10.6 Å². The second-order valence-electron chi connectivity index (χ2n) is 12.5. The Morgan fingerprint density at radius 3 is 2.27 bits per heavy atom. The normalized spacial score (nSPS) is 23.9. The predicted octanol–water partition coefficient (Wildman–Crippen LogP) is 6.12. The number of fused-ring (bicyclic) bond motifs is 2. The van der Waals surface area contributed by atoms with Crippen molar-refractivity contribution in [1.29, 1.82) is 0 Å². The van der Waals surface area contributed by atoms with E-state index < -0.39 is 71.1 Å². The van der Waals surface area contributed by atoms with Crippen LogP contribution in [-0.4, -0.2) is 66.2 Å². The second kappa shape index (κ2) is 13.8. The molecule has 3 fully saturated rings. The minimum Gasteiger partial charge on any atom is -0.496 e. The molecule has 1 heterocycles. The van der Waals surface area contributed by atoms with Gasteiger partial charge in [-0.3, -0.25) is 14.4 Å². The summed E-state index contributed by atoms with van der Waals surface area (Å²) in [5.74, 6) is -6.61. The van der Waals surface area contributed by atoms with Crippen molar-refractivity contribution in [1.82, 2.24) is 10.2 Å². The number of alkyl halides is 6. The highest BCUT2D eigenvalue weighted by Gasteiger charge is 2.55. The number of halogens is 7. The van der Waals surface area contributed by atoms with Crippen LogP contribution in [0.25, 0.3) is 6.08 Å². The molecule has 264 valence electrons. The van der Waals surface area contributed by atoms with Crippen LogP contribution in [0.5, 0.6) is 5.75 Å². The fourth-order valence-electron chi connectivity index (χ4n) is 7.08. The molecule has 2 bridgehead atoms. The number of anilines is 1. The fourth-order valence-corrected chi connectivity index (χ4v) is 7.08. The van der Waals surface area contributed by atoms with E-state index in [9.17, 15) is 50.2 Å². The van der Waals surface area contributed by atoms with Crippen molar-refractivity contribution < 1.29 is 55.0 Å². The van der Waals surface area contributed by atoms with Crippen LogP contribution in [0, 0.1) is 23.6 Å². The lowest BCUT2D eigenvalue weighted by molar-refractivity contribution is -0.140. The number of aliphatic hydroxyl groups is 1. The molecule has 15 heteroatoms. The summed E-state index contributed by atoms with van der Waals surface area (Å²) < 4.78 is 99.9. The number of benzene rings is 2. The average molecular weight is 698 g/mol. The van der Waals surface area contributed by atoms with Gasteiger partial charge in [-0.2, -0.15) is 26.3 Å². The van der Waals surface area contributed by atoms with Gasteiger partial charge >= 0.3 is 12.4 Å². The Bertz CT molecular complexity index is 1680. The van der Waals surface area contributed by atoms with Crippen LogP contribution in [-0.2, 0) is 15.8 Å². The zero-order valence-electron chi connectivity index (χ0n) is 26.4. The molecule has 5 rings (SSSR count). The molecule has 0 spiro atoms. The van der Waals surface area contributed by atoms with E-state index in [1.54, 1.807) is 24.0 Å². The summed E-state index contributed by atoms with van der Waals surface area (Å²) in [4.78, 5) is 41.9. The average Bonchev–Trinajstić information content (AvgIpc) is 3.54. The van der Waals surface area contributed by atoms with E-state index in [-0.39, 0.29) is 41.7 Å². The monoisotopic (exact) mass is 697 g/mol. The van der Waals surface area contributed by atoms with E-state index in [0.717, 1.165) is 6.07 Å². The van der Waals surface area contributed by atoms with Crippen LogP contribution in [0.4, 0.5) is 36.4 Å². The molecule has 0 radical (unpaired) electrons. The predicted molar refractivity (Wildman–Crippen MR) is 164 cm³/mol. The molecule has 8 nitrogen and oxygen atoms in total. The first-order chi connectivity index (χ1) is 23.0. The van der Waals surface area contributed by atoms with E-state index in [0.29, 0.717) is 49.2 Å². The van der Waals surface area contributed by atoms with Crippen molar-refractivity contribution in [3.63, 3.8) is 0 Å². The van der Waals surface area contributed by atoms with Crippen molar-refractivity contribution in [2.45, 2.75) is 57.1 Å². The molecule has 2 saturated carbocycles. The molecule has 3 N–H and O–H groups in total. The minimum absolute atomic E-state index is 0.0331. The maximum Gasteiger partial charge on any atom is 0.419 e. The number of carbonyl (C=O) groups is 3. The number of methoxy groups -OCH3 is 1. The number of hydrogen-bond acceptors (Lipinski definition) is 5. The summed E-state index contributed by atoms with van der Waals surface area (Å²) in [5.41, 5.74) is -1.39. The van der Waals surface area contributed by atoms with Gasteiger partial charge in [0.2, 0.25) is 11.8 Å². The molecular formula is C34H34F7N3O5. The van der Waals surface area contributed by atoms with Gasteiger partial charge in [0.25, 0.3) is 5.91 Å². The van der Waals surface area contributed by atoms with E-state index >= 15 is 0 Å². The van der Waals surface area contributed by atoms with Crippen molar-refractivity contribution in [2.75, 3.05) is 25.5 Å². The van der Waals surface area contributed by atoms with Gasteiger partial charge in [0, 0.05) is 42.4 Å². The molecule has 0 unspecified atom stereocenters. The van der Waals surface area contributed by atoms with Crippen molar-refractivity contribution in [3.8, 4) is 5.75 Å². The van der Waals surface area contributed by atoms with Gasteiger partial charge in [0.1, 0.15) is 11.6 Å². The minimum atomic E-state index is -5.07. The van der Waals surface area contributed by atoms with E-state index in [1.807, 2.05) is 0 Å². The zero-order chi connectivity index (χ0) is 35.8. The van der Waals surface area contributed by atoms with Crippen LogP contribution in [0.2, 0.25) is 0 Å². The molecular weight excluding hydrogens is 663 g/mol. The highest BCUT2D eigenvalue weighted by Crippen LogP contribution is 2.54. The number of allylic oxidation sites excluding steroid dienone is 1. The molecule has 2 aromatic rings. The highest BCUT2D eigenvalue weighted by molar-refractivity contribution is 6.01. The molecule has 2 aromatic carbocycles. The molecule has 4 atom stereocenters. The molecule has 49 heavy (non-hydrogen) atoms. The van der Waals surface area contributed by atoms with Gasteiger partial charge in [-0.1, -0.05) is 11.6 Å². The lowest BCUT2D eigenvalue weighted by Gasteiger charge is -2.30. The lowest BCUT2D eigenvalue weighted by Crippen LogP contribution is -2.48. The third-order valence-electron chi connectivity index (χ3n) is 9.31. The maximum absolute atomic E-state index is 13.9. The Labute approximate surface area is 277 Å². The van der Waals surface area contributed by atoms with Crippen molar-refractivity contribution in [3.05, 3.63) is 76.1 Å². The number of nitrogens with one attached hydrogen (secondary N) is 2. The Balaban J connectivity index is 1.43. The summed E-state index contributed by atoms with van der Waals surface area (Å²) in [6.07, 6.45) is -7.33. The first kappa shape index (κ1) is 35.9. The number of amides is 3. The standard InChI is InChI=1S/C34H34F7N3O5/c1-17(32(48)44-11-9-20(45)10-12-44)13-18-3-8-27(49-2)23(14-18)30(46)43-29-22-6-5-21(24(22)16-33(36,37)38)28(29)31(47)42-19-4-7-26(35)25(15-19)34(39,40)41/h3-4,7-8,13-16,20-22,28-29,45H,5-6,9-12H2,1-2H3,(H,42,47)(H,43,46)/b17-13-,24-16-/t21-,22+,28-,29+/m0/s1. The zero-order valence-corrected chi connectivity index (χ0v) is 26.4. The number of likely N-dealkylation sites (tertiary alicyclic amines) is 1. The Kier molecular flexibility index (Phi) is 10.1. The van der Waals surface area contributed by atoms with Gasteiger partial charge < -0.3 is 25.4 Å². The van der Waals surface area contributed by atoms with Gasteiger partial charge in [-0.25, -0.2) is 4.39 Å². The van der Waals surface area contributed by atoms with Gasteiger partial charge in [0.15, 0.2) is 0 Å². The summed E-state index contributed by atoms with van der Waals surface area (Å²) in [6, 6.07) is 5.14. The van der Waals surface area contributed by atoms with Gasteiger partial charge in [0.05, 0.1) is 30.3 Å². The number of hydrogen-bond donors (Lipinski definition) is 3. The fraction of sp³-hybridized carbons (Fsp3) is 0.441. The number of aliphatic hydroxyl groups excluding tert-OH is 1. The summed E-state index contributed by atoms with van der Waals surface area (Å²) in [6.45, 7) is 2.37. The molecule has 3 aliphatic rings.